The highest BCUT2D eigenvalue weighted by Crippen LogP contribution is 2.24. The van der Waals surface area contributed by atoms with Crippen LogP contribution in [0.3, 0.4) is 0 Å². The smallest absolute Gasteiger partial charge is 0.316 e. The number of aromatic nitrogens is 2. The summed E-state index contributed by atoms with van der Waals surface area (Å²) >= 11 is 0. The molecule has 3 N–H and O–H groups in total. The number of nitrogens with zero attached hydrogens (tertiary/aromatic N) is 3. The Morgan fingerprint density at radius 1 is 1.19 bits per heavy atom. The molecule has 1 aromatic carbocycles. The van der Waals surface area contributed by atoms with Crippen molar-refractivity contribution in [2.75, 3.05) is 7.05 Å². The van der Waals surface area contributed by atoms with E-state index in [0.717, 1.165) is 11.1 Å². The number of urea groups is 1. The fourth-order valence-corrected chi connectivity index (χ4v) is 3.23. The van der Waals surface area contributed by atoms with Crippen molar-refractivity contribution in [3.8, 4) is 11.1 Å². The lowest BCUT2D eigenvalue weighted by molar-refractivity contribution is -0.138. The number of carboxylic acids is 1. The zero-order chi connectivity index (χ0) is 22.5. The lowest BCUT2D eigenvalue weighted by Gasteiger charge is -2.27. The van der Waals surface area contributed by atoms with Crippen LogP contribution in [0, 0.1) is 0 Å². The third-order valence-electron chi connectivity index (χ3n) is 4.78. The number of Topliss-reactive ketones (excluding diaryl/α,β-unsaturated/α-hetero) is 1. The lowest BCUT2D eigenvalue weighted by Crippen LogP contribution is -2.56. The van der Waals surface area contributed by atoms with Crippen molar-refractivity contribution in [1.82, 2.24) is 25.5 Å². The minimum Gasteiger partial charge on any atom is -0.481 e. The number of carboxylic acid groups (broad SMARTS) is 1. The van der Waals surface area contributed by atoms with Gasteiger partial charge in [0, 0.05) is 36.8 Å². The first-order valence-electron chi connectivity index (χ1n) is 9.39. The Bertz CT molecular complexity index is 1050. The molecule has 2 heterocycles. The van der Waals surface area contributed by atoms with Crippen LogP contribution in [0.25, 0.3) is 11.1 Å². The van der Waals surface area contributed by atoms with Gasteiger partial charge in [-0.05, 0) is 24.1 Å². The molecule has 0 saturated carbocycles. The van der Waals surface area contributed by atoms with Gasteiger partial charge in [-0.25, -0.2) is 14.8 Å². The van der Waals surface area contributed by atoms with Gasteiger partial charge in [0.1, 0.15) is 6.33 Å². The SMILES string of the molecule is CC1=CN(C)C(=O)C(NC(=O)NC(CC(=O)O)c2cccc(-c3cncnc3)c2)C1=O. The van der Waals surface area contributed by atoms with Gasteiger partial charge >= 0.3 is 12.0 Å². The van der Waals surface area contributed by atoms with Crippen molar-refractivity contribution in [3.05, 3.63) is 60.3 Å². The Morgan fingerprint density at radius 3 is 2.58 bits per heavy atom. The molecule has 0 spiro atoms. The highest BCUT2D eigenvalue weighted by atomic mass is 16.4. The summed E-state index contributed by atoms with van der Waals surface area (Å²) in [6.45, 7) is 1.55. The average molecular weight is 423 g/mol. The number of carbonyl (C=O) groups excluding carboxylic acids is 3. The largest absolute Gasteiger partial charge is 0.481 e. The summed E-state index contributed by atoms with van der Waals surface area (Å²) in [5.74, 6) is -2.22. The van der Waals surface area contributed by atoms with Gasteiger partial charge in [-0.3, -0.25) is 14.4 Å². The normalized spacial score (nSPS) is 17.0. The molecular formula is C21H21N5O5. The summed E-state index contributed by atoms with van der Waals surface area (Å²) in [4.78, 5) is 57.7. The van der Waals surface area contributed by atoms with Gasteiger partial charge in [0.2, 0.25) is 0 Å². The van der Waals surface area contributed by atoms with Crippen LogP contribution in [0.1, 0.15) is 24.9 Å². The molecule has 10 nitrogen and oxygen atoms in total. The number of hydrogen-bond donors (Lipinski definition) is 3. The summed E-state index contributed by atoms with van der Waals surface area (Å²) in [5, 5.41) is 14.2. The second kappa shape index (κ2) is 9.16. The van der Waals surface area contributed by atoms with Crippen LogP contribution in [0.5, 0.6) is 0 Å². The van der Waals surface area contributed by atoms with Crippen molar-refractivity contribution in [1.29, 1.82) is 0 Å². The molecule has 2 unspecified atom stereocenters. The monoisotopic (exact) mass is 423 g/mol. The van der Waals surface area contributed by atoms with Crippen LogP contribution >= 0.6 is 0 Å². The second-order valence-corrected chi connectivity index (χ2v) is 7.08. The van der Waals surface area contributed by atoms with Crippen LogP contribution < -0.4 is 10.6 Å². The Hall–Kier alpha value is -4.08. The Balaban J connectivity index is 1.80. The van der Waals surface area contributed by atoms with Gasteiger partial charge < -0.3 is 20.6 Å². The molecule has 0 saturated heterocycles. The van der Waals surface area contributed by atoms with Crippen molar-refractivity contribution >= 4 is 23.7 Å². The van der Waals surface area contributed by atoms with E-state index in [1.165, 1.54) is 24.5 Å². The molecule has 2 atom stereocenters. The minimum atomic E-state index is -1.37. The quantitative estimate of drug-likeness (QED) is 0.594. The van der Waals surface area contributed by atoms with Gasteiger partial charge in [0.25, 0.3) is 5.91 Å². The van der Waals surface area contributed by atoms with Gasteiger partial charge in [0.05, 0.1) is 12.5 Å². The molecule has 1 aliphatic heterocycles. The summed E-state index contributed by atoms with van der Waals surface area (Å²) in [6.07, 6.45) is 5.63. The molecule has 3 rings (SSSR count). The summed E-state index contributed by atoms with van der Waals surface area (Å²) < 4.78 is 0. The maximum atomic E-state index is 12.6. The number of hydrogen-bond acceptors (Lipinski definition) is 6. The zero-order valence-electron chi connectivity index (χ0n) is 16.9. The van der Waals surface area contributed by atoms with Gasteiger partial charge in [0.15, 0.2) is 11.8 Å². The molecular weight excluding hydrogens is 402 g/mol. The Labute approximate surface area is 178 Å². The maximum Gasteiger partial charge on any atom is 0.316 e. The summed E-state index contributed by atoms with van der Waals surface area (Å²) in [5.41, 5.74) is 2.34. The van der Waals surface area contributed by atoms with E-state index in [1.54, 1.807) is 37.5 Å². The van der Waals surface area contributed by atoms with Crippen LogP contribution in [0.2, 0.25) is 0 Å². The van der Waals surface area contributed by atoms with E-state index in [-0.39, 0.29) is 0 Å². The van der Waals surface area contributed by atoms with Crippen molar-refractivity contribution in [2.45, 2.75) is 25.4 Å². The first-order chi connectivity index (χ1) is 14.8. The predicted octanol–water partition coefficient (Wildman–Crippen LogP) is 1.27. The number of aliphatic carboxylic acids is 1. The van der Waals surface area contributed by atoms with E-state index >= 15 is 0 Å². The lowest BCUT2D eigenvalue weighted by atomic mass is 9.99. The zero-order valence-corrected chi connectivity index (χ0v) is 16.9. The summed E-state index contributed by atoms with van der Waals surface area (Å²) in [6, 6.07) is 3.85. The first-order valence-corrected chi connectivity index (χ1v) is 9.39. The molecule has 31 heavy (non-hydrogen) atoms. The molecule has 0 fully saturated rings. The topological polar surface area (TPSA) is 142 Å². The van der Waals surface area contributed by atoms with Crippen LogP contribution in [0.15, 0.2) is 54.8 Å². The number of ketones is 1. The van der Waals surface area contributed by atoms with Crippen molar-refractivity contribution in [2.24, 2.45) is 0 Å². The third-order valence-corrected chi connectivity index (χ3v) is 4.78. The van der Waals surface area contributed by atoms with E-state index in [2.05, 4.69) is 20.6 Å². The molecule has 3 amide bonds. The Kier molecular flexibility index (Phi) is 6.39. The molecule has 1 aliphatic rings. The van der Waals surface area contributed by atoms with E-state index in [4.69, 9.17) is 0 Å². The van der Waals surface area contributed by atoms with E-state index < -0.39 is 42.2 Å². The molecule has 0 bridgehead atoms. The number of likely N-dealkylation sites (N-methyl/N-ethyl adjacent to an activating group) is 1. The molecule has 2 aromatic rings. The molecule has 1 aromatic heterocycles. The van der Waals surface area contributed by atoms with Crippen LogP contribution in [-0.4, -0.2) is 56.8 Å². The predicted molar refractivity (Wildman–Crippen MR) is 109 cm³/mol. The standard InChI is InChI=1S/C21H21N5O5/c1-12-10-26(2)20(30)18(19(12)29)25-21(31)24-16(7-17(27)28)14-5-3-4-13(6-14)15-8-22-11-23-9-15/h3-6,8-11,16,18H,7H2,1-2H3,(H,27,28)(H2,24,25,31). The van der Waals surface area contributed by atoms with E-state index in [1.807, 2.05) is 6.07 Å². The highest BCUT2D eigenvalue weighted by Gasteiger charge is 2.35. The average Bonchev–Trinajstić information content (AvgIpc) is 2.75. The van der Waals surface area contributed by atoms with Crippen LogP contribution in [-0.2, 0) is 14.4 Å². The third kappa shape index (κ3) is 5.10. The van der Waals surface area contributed by atoms with E-state index in [0.29, 0.717) is 11.1 Å². The van der Waals surface area contributed by atoms with E-state index in [9.17, 15) is 24.3 Å². The highest BCUT2D eigenvalue weighted by molar-refractivity contribution is 6.16. The number of carbonyl (C=O) groups is 4. The molecule has 160 valence electrons. The molecule has 0 radical (unpaired) electrons. The van der Waals surface area contributed by atoms with Gasteiger partial charge in [-0.1, -0.05) is 18.2 Å². The second-order valence-electron chi connectivity index (χ2n) is 7.08. The Morgan fingerprint density at radius 2 is 1.90 bits per heavy atom. The van der Waals surface area contributed by atoms with Gasteiger partial charge in [-0.2, -0.15) is 0 Å². The first kappa shape index (κ1) is 21.6. The number of rotatable bonds is 6. The number of nitrogens with one attached hydrogen (secondary N) is 2. The fourth-order valence-electron chi connectivity index (χ4n) is 3.23. The number of amides is 3. The molecule has 10 heteroatoms. The maximum absolute atomic E-state index is 12.6. The number of benzene rings is 1. The van der Waals surface area contributed by atoms with Gasteiger partial charge in [-0.15, -0.1) is 0 Å². The minimum absolute atomic E-state index is 0.326. The van der Waals surface area contributed by atoms with Crippen LogP contribution in [0.4, 0.5) is 4.79 Å². The fraction of sp³-hybridized carbons (Fsp3) is 0.238. The van der Waals surface area contributed by atoms with Crippen molar-refractivity contribution in [3.63, 3.8) is 0 Å². The summed E-state index contributed by atoms with van der Waals surface area (Å²) in [7, 11) is 1.48. The van der Waals surface area contributed by atoms with Crippen molar-refractivity contribution < 1.29 is 24.3 Å². The molecule has 0 aliphatic carbocycles.